The second-order valence-corrected chi connectivity index (χ2v) is 6.06. The van der Waals surface area contributed by atoms with Crippen molar-refractivity contribution in [1.29, 1.82) is 0 Å². The Labute approximate surface area is 152 Å². The summed E-state index contributed by atoms with van der Waals surface area (Å²) in [5.74, 6) is -0.320. The maximum absolute atomic E-state index is 12.4. The summed E-state index contributed by atoms with van der Waals surface area (Å²) >= 11 is 6.36. The van der Waals surface area contributed by atoms with Gasteiger partial charge in [0.2, 0.25) is 0 Å². The van der Waals surface area contributed by atoms with Gasteiger partial charge in [-0.3, -0.25) is 14.5 Å². The van der Waals surface area contributed by atoms with Gasteiger partial charge in [0, 0.05) is 24.7 Å². The molecular formula is C18H23ClN4O2. The van der Waals surface area contributed by atoms with Crippen LogP contribution in [0.4, 0.5) is 0 Å². The number of carbonyl (C=O) groups is 1. The van der Waals surface area contributed by atoms with Crippen molar-refractivity contribution in [3.63, 3.8) is 0 Å². The first-order chi connectivity index (χ1) is 12.0. The molecule has 0 aliphatic heterocycles. The average molecular weight is 363 g/mol. The van der Waals surface area contributed by atoms with Gasteiger partial charge in [0.15, 0.2) is 0 Å². The molecule has 0 fully saturated rings. The number of aromatic nitrogens is 2. The van der Waals surface area contributed by atoms with E-state index in [1.54, 1.807) is 0 Å². The molecule has 0 saturated carbocycles. The van der Waals surface area contributed by atoms with E-state index in [2.05, 4.69) is 29.2 Å². The molecule has 0 aliphatic carbocycles. The van der Waals surface area contributed by atoms with Crippen LogP contribution in [0.1, 0.15) is 35.9 Å². The quantitative estimate of drug-likeness (QED) is 0.820. The van der Waals surface area contributed by atoms with Gasteiger partial charge in [-0.25, -0.2) is 4.68 Å². The van der Waals surface area contributed by atoms with Gasteiger partial charge in [0.05, 0.1) is 6.04 Å². The number of hydrogen-bond acceptors (Lipinski definition) is 4. The van der Waals surface area contributed by atoms with E-state index in [-0.39, 0.29) is 23.2 Å². The Hall–Kier alpha value is -2.18. The fraction of sp³-hybridized carbons (Fsp3) is 0.389. The second-order valence-electron chi connectivity index (χ2n) is 5.65. The molecule has 0 radical (unpaired) electrons. The lowest BCUT2D eigenvalue weighted by Crippen LogP contribution is -2.38. The van der Waals surface area contributed by atoms with Crippen LogP contribution in [0.5, 0.6) is 0 Å². The van der Waals surface area contributed by atoms with Crippen LogP contribution in [-0.4, -0.2) is 40.2 Å². The summed E-state index contributed by atoms with van der Waals surface area (Å²) in [6.07, 6.45) is 0. The summed E-state index contributed by atoms with van der Waals surface area (Å²) in [5.41, 5.74) is 0.926. The molecular weight excluding hydrogens is 340 g/mol. The van der Waals surface area contributed by atoms with Gasteiger partial charge in [-0.05, 0) is 30.8 Å². The Morgan fingerprint density at radius 3 is 2.52 bits per heavy atom. The summed E-state index contributed by atoms with van der Waals surface area (Å²) in [6, 6.07) is 10.4. The predicted octanol–water partition coefficient (Wildman–Crippen LogP) is 2.25. The number of carbonyl (C=O) groups excluding carboxylic acids is 1. The fourth-order valence-electron chi connectivity index (χ4n) is 2.75. The number of benzene rings is 1. The van der Waals surface area contributed by atoms with Gasteiger partial charge in [0.1, 0.15) is 5.69 Å². The lowest BCUT2D eigenvalue weighted by molar-refractivity contribution is 0.0927. The van der Waals surface area contributed by atoms with Gasteiger partial charge in [-0.1, -0.05) is 43.6 Å². The molecule has 2 rings (SSSR count). The lowest BCUT2D eigenvalue weighted by Gasteiger charge is -2.30. The van der Waals surface area contributed by atoms with Crippen molar-refractivity contribution in [1.82, 2.24) is 20.0 Å². The molecule has 6 nitrogen and oxygen atoms in total. The van der Waals surface area contributed by atoms with E-state index >= 15 is 0 Å². The minimum atomic E-state index is -0.320. The van der Waals surface area contributed by atoms with E-state index in [0.717, 1.165) is 23.3 Å². The molecule has 1 aromatic carbocycles. The number of amides is 1. The summed E-state index contributed by atoms with van der Waals surface area (Å²) in [4.78, 5) is 26.0. The Kier molecular flexibility index (Phi) is 6.73. The number of aryl methyl sites for hydroxylation is 1. The van der Waals surface area contributed by atoms with Crippen molar-refractivity contribution in [3.8, 4) is 0 Å². The Morgan fingerprint density at radius 2 is 1.92 bits per heavy atom. The SMILES string of the molecule is CCN(CC)C(CNC(=O)c1ccc(=O)n(C)n1)c1ccccc1Cl. The Morgan fingerprint density at radius 1 is 1.24 bits per heavy atom. The molecule has 0 saturated heterocycles. The molecule has 0 bridgehead atoms. The van der Waals surface area contributed by atoms with Crippen molar-refractivity contribution < 1.29 is 4.79 Å². The molecule has 134 valence electrons. The van der Waals surface area contributed by atoms with Gasteiger partial charge in [-0.15, -0.1) is 0 Å². The summed E-state index contributed by atoms with van der Waals surface area (Å²) in [5, 5.41) is 7.56. The zero-order valence-electron chi connectivity index (χ0n) is 14.7. The number of hydrogen-bond donors (Lipinski definition) is 1. The normalized spacial score (nSPS) is 12.2. The first kappa shape index (κ1) is 19.1. The third-order valence-corrected chi connectivity index (χ3v) is 4.51. The van der Waals surface area contributed by atoms with Crippen LogP contribution < -0.4 is 10.9 Å². The van der Waals surface area contributed by atoms with Gasteiger partial charge in [-0.2, -0.15) is 5.10 Å². The molecule has 1 heterocycles. The van der Waals surface area contributed by atoms with Gasteiger partial charge < -0.3 is 5.32 Å². The zero-order chi connectivity index (χ0) is 18.4. The van der Waals surface area contributed by atoms with Gasteiger partial charge >= 0.3 is 0 Å². The molecule has 2 aromatic rings. The van der Waals surface area contributed by atoms with Crippen LogP contribution in [0.2, 0.25) is 5.02 Å². The number of likely N-dealkylation sites (N-methyl/N-ethyl adjacent to an activating group) is 1. The maximum atomic E-state index is 12.4. The second kappa shape index (κ2) is 8.78. The highest BCUT2D eigenvalue weighted by Gasteiger charge is 2.21. The summed E-state index contributed by atoms with van der Waals surface area (Å²) in [7, 11) is 1.52. The van der Waals surface area contributed by atoms with Crippen molar-refractivity contribution in [2.24, 2.45) is 7.05 Å². The van der Waals surface area contributed by atoms with E-state index < -0.39 is 0 Å². The van der Waals surface area contributed by atoms with E-state index in [0.29, 0.717) is 11.6 Å². The first-order valence-electron chi connectivity index (χ1n) is 8.29. The van der Waals surface area contributed by atoms with E-state index in [1.807, 2.05) is 24.3 Å². The van der Waals surface area contributed by atoms with Crippen LogP contribution in [-0.2, 0) is 7.05 Å². The Balaban J connectivity index is 2.19. The molecule has 25 heavy (non-hydrogen) atoms. The van der Waals surface area contributed by atoms with Crippen molar-refractivity contribution >= 4 is 17.5 Å². The minimum absolute atomic E-state index is 0.0415. The molecule has 0 spiro atoms. The Bertz CT molecular complexity index is 787. The average Bonchev–Trinajstić information content (AvgIpc) is 2.61. The molecule has 1 aromatic heterocycles. The number of rotatable bonds is 7. The van der Waals surface area contributed by atoms with Crippen LogP contribution >= 0.6 is 11.6 Å². The minimum Gasteiger partial charge on any atom is -0.349 e. The number of nitrogens with zero attached hydrogens (tertiary/aromatic N) is 3. The van der Waals surface area contributed by atoms with Crippen molar-refractivity contribution in [2.45, 2.75) is 19.9 Å². The van der Waals surface area contributed by atoms with Crippen LogP contribution in [0.3, 0.4) is 0 Å². The molecule has 1 N–H and O–H groups in total. The van der Waals surface area contributed by atoms with Crippen LogP contribution in [0.25, 0.3) is 0 Å². The number of halogens is 1. The molecule has 1 atom stereocenters. The first-order valence-corrected chi connectivity index (χ1v) is 8.66. The van der Waals surface area contributed by atoms with Crippen molar-refractivity contribution in [3.05, 3.63) is 63.0 Å². The molecule has 0 aliphatic rings. The standard InChI is InChI=1S/C18H23ClN4O2/c1-4-23(5-2)16(13-8-6-7-9-14(13)19)12-20-18(25)15-10-11-17(24)22(3)21-15/h6-11,16H,4-5,12H2,1-3H3,(H,20,25). The topological polar surface area (TPSA) is 67.2 Å². The molecule has 1 unspecified atom stereocenters. The van der Waals surface area contributed by atoms with Gasteiger partial charge in [0.25, 0.3) is 11.5 Å². The smallest absolute Gasteiger partial charge is 0.271 e. The fourth-order valence-corrected chi connectivity index (χ4v) is 3.01. The summed E-state index contributed by atoms with van der Waals surface area (Å²) in [6.45, 7) is 6.21. The highest BCUT2D eigenvalue weighted by atomic mass is 35.5. The molecule has 7 heteroatoms. The van der Waals surface area contributed by atoms with Crippen LogP contribution in [0.15, 0.2) is 41.2 Å². The third kappa shape index (κ3) is 4.67. The van der Waals surface area contributed by atoms with Crippen LogP contribution in [0, 0.1) is 0 Å². The highest BCUT2D eigenvalue weighted by Crippen LogP contribution is 2.26. The zero-order valence-corrected chi connectivity index (χ0v) is 15.5. The van der Waals surface area contributed by atoms with E-state index in [4.69, 9.17) is 11.6 Å². The maximum Gasteiger partial charge on any atom is 0.271 e. The lowest BCUT2D eigenvalue weighted by atomic mass is 10.0. The summed E-state index contributed by atoms with van der Waals surface area (Å²) < 4.78 is 1.14. The highest BCUT2D eigenvalue weighted by molar-refractivity contribution is 6.31. The third-order valence-electron chi connectivity index (χ3n) is 4.17. The monoisotopic (exact) mass is 362 g/mol. The predicted molar refractivity (Wildman–Crippen MR) is 98.9 cm³/mol. The van der Waals surface area contributed by atoms with E-state index in [9.17, 15) is 9.59 Å². The van der Waals surface area contributed by atoms with E-state index in [1.165, 1.54) is 19.2 Å². The largest absolute Gasteiger partial charge is 0.349 e. The van der Waals surface area contributed by atoms with Crippen molar-refractivity contribution in [2.75, 3.05) is 19.6 Å². The molecule has 1 amide bonds. The number of nitrogens with one attached hydrogen (secondary N) is 1.